The second-order valence-corrected chi connectivity index (χ2v) is 7.82. The summed E-state index contributed by atoms with van der Waals surface area (Å²) in [5, 5.41) is 13.9. The minimum Gasteiger partial charge on any atom is -0.618 e. The fourth-order valence-corrected chi connectivity index (χ4v) is 3.89. The van der Waals surface area contributed by atoms with Crippen molar-refractivity contribution in [2.24, 2.45) is 11.7 Å². The van der Waals surface area contributed by atoms with E-state index >= 15 is 0 Å². The largest absolute Gasteiger partial charge is 0.618 e. The number of pyridine rings is 1. The molecule has 1 fully saturated rings. The predicted octanol–water partition coefficient (Wildman–Crippen LogP) is 2.78. The van der Waals surface area contributed by atoms with Gasteiger partial charge < -0.3 is 25.7 Å². The number of nitrogens with two attached hydrogens (primary N) is 1. The fraction of sp³-hybridized carbons (Fsp3) is 0.381. The Kier molecular flexibility index (Phi) is 5.40. The average Bonchev–Trinajstić information content (AvgIpc) is 3.04. The molecule has 34 heavy (non-hydrogen) atoms. The van der Waals surface area contributed by atoms with E-state index in [1.165, 1.54) is 0 Å². The molecule has 0 radical (unpaired) electrons. The molecule has 4 atom stereocenters. The summed E-state index contributed by atoms with van der Waals surface area (Å²) in [6, 6.07) is 3.24. The third-order valence-corrected chi connectivity index (χ3v) is 5.91. The molecule has 8 nitrogen and oxygen atoms in total. The molecule has 0 unspecified atom stereocenters. The number of amides is 2. The Morgan fingerprint density at radius 2 is 2.00 bits per heavy atom. The van der Waals surface area contributed by atoms with Crippen LogP contribution in [0.5, 0.6) is 5.75 Å². The second kappa shape index (κ2) is 8.70. The van der Waals surface area contributed by atoms with Crippen LogP contribution in [-0.4, -0.2) is 36.7 Å². The highest BCUT2D eigenvalue weighted by atomic mass is 19.4. The number of hydrogen-bond acceptors (Lipinski definition) is 5. The van der Waals surface area contributed by atoms with Crippen molar-refractivity contribution in [2.45, 2.75) is 37.6 Å². The molecule has 3 N–H and O–H groups in total. The Morgan fingerprint density at radius 3 is 2.59 bits per heavy atom. The Balaban J connectivity index is 2.13. The molecule has 0 aliphatic carbocycles. The van der Waals surface area contributed by atoms with E-state index in [-0.39, 0.29) is 10.4 Å². The van der Waals surface area contributed by atoms with Crippen LogP contribution in [0.2, 0.25) is 0 Å². The number of carbonyl (C=O) groups is 2. The number of rotatable bonds is 5. The normalized spacial score (nSPS) is 26.3. The van der Waals surface area contributed by atoms with E-state index in [0.29, 0.717) is 13.0 Å². The van der Waals surface area contributed by atoms with Gasteiger partial charge in [0.15, 0.2) is 23.4 Å². The van der Waals surface area contributed by atoms with Crippen molar-refractivity contribution in [3.8, 4) is 5.75 Å². The van der Waals surface area contributed by atoms with Gasteiger partial charge in [-0.1, -0.05) is 13.0 Å². The Bertz CT molecular complexity index is 1240. The van der Waals surface area contributed by atoms with E-state index in [0.717, 1.165) is 31.3 Å². The van der Waals surface area contributed by atoms with Gasteiger partial charge in [0.1, 0.15) is 6.10 Å². The van der Waals surface area contributed by atoms with E-state index in [9.17, 15) is 36.7 Å². The number of nitrogens with zero attached hydrogens (tertiary/aromatic N) is 1. The van der Waals surface area contributed by atoms with Gasteiger partial charge >= 0.3 is 12.1 Å². The Hall–Kier alpha value is -3.48. The van der Waals surface area contributed by atoms with Crippen molar-refractivity contribution < 1.29 is 49.9 Å². The van der Waals surface area contributed by atoms with Crippen LogP contribution >= 0.6 is 0 Å². The quantitative estimate of drug-likeness (QED) is 0.378. The summed E-state index contributed by atoms with van der Waals surface area (Å²) in [5.74, 6) is -10.2. The molecular weight excluding hydrogens is 469 g/mol. The fourth-order valence-electron chi connectivity index (χ4n) is 3.89. The highest BCUT2D eigenvalue weighted by molar-refractivity contribution is 5.97. The zero-order valence-corrected chi connectivity index (χ0v) is 17.6. The van der Waals surface area contributed by atoms with Crippen molar-refractivity contribution in [1.82, 2.24) is 0 Å². The molecule has 1 aromatic carbocycles. The van der Waals surface area contributed by atoms with Gasteiger partial charge in [-0.25, -0.2) is 4.39 Å². The summed E-state index contributed by atoms with van der Waals surface area (Å²) in [5.41, 5.74) is 0.723. The van der Waals surface area contributed by atoms with Crippen LogP contribution < -0.4 is 20.5 Å². The monoisotopic (exact) mass is 492 g/mol. The summed E-state index contributed by atoms with van der Waals surface area (Å²) in [4.78, 5) is 24.6. The number of halogens is 5. The number of methoxy groups -OCH3 is 1. The van der Waals surface area contributed by atoms with E-state index < -0.39 is 77.2 Å². The molecular formula is C21H20F5N3O5. The molecule has 1 aliphatic heterocycles. The number of aromatic nitrogens is 1. The number of hydrogen-bond donors (Lipinski definition) is 2. The minimum absolute atomic E-state index is 0.0926. The molecule has 1 saturated heterocycles. The van der Waals surface area contributed by atoms with Crippen LogP contribution in [0.1, 0.15) is 39.9 Å². The van der Waals surface area contributed by atoms with Crippen molar-refractivity contribution in [3.05, 3.63) is 58.6 Å². The summed E-state index contributed by atoms with van der Waals surface area (Å²) < 4.78 is 102. The number of carbonyl (C=O) groups excluding carboxylic acids is 2. The Morgan fingerprint density at radius 1 is 1.32 bits per heavy atom. The minimum atomic E-state index is -5.05. The maximum Gasteiger partial charge on any atom is 0.417 e. The van der Waals surface area contributed by atoms with Crippen molar-refractivity contribution in [1.29, 1.82) is 0 Å². The topological polar surface area (TPSA) is 118 Å². The molecule has 13 heteroatoms. The van der Waals surface area contributed by atoms with E-state index in [1.54, 1.807) is 0 Å². The number of nitrogens with one attached hydrogen (secondary N) is 1. The molecule has 1 aliphatic rings. The lowest BCUT2D eigenvalue weighted by atomic mass is 9.77. The van der Waals surface area contributed by atoms with Gasteiger partial charge in [0.2, 0.25) is 5.82 Å². The first kappa shape index (κ1) is 21.1. The molecule has 0 spiro atoms. The zero-order chi connectivity index (χ0) is 28.1. The lowest BCUT2D eigenvalue weighted by Crippen LogP contribution is -2.47. The Labute approximate surface area is 194 Å². The van der Waals surface area contributed by atoms with Gasteiger partial charge in [-0.3, -0.25) is 9.59 Å². The molecule has 0 saturated carbocycles. The van der Waals surface area contributed by atoms with Crippen LogP contribution in [0.15, 0.2) is 30.5 Å². The number of alkyl halides is 3. The van der Waals surface area contributed by atoms with E-state index in [2.05, 4.69) is 10.1 Å². The van der Waals surface area contributed by atoms with E-state index in [1.807, 2.05) is 0 Å². The lowest BCUT2D eigenvalue weighted by Gasteiger charge is -2.32. The van der Waals surface area contributed by atoms with Crippen molar-refractivity contribution in [2.75, 3.05) is 12.4 Å². The third-order valence-electron chi connectivity index (χ3n) is 5.91. The summed E-state index contributed by atoms with van der Waals surface area (Å²) in [7, 11) is -3.32. The summed E-state index contributed by atoms with van der Waals surface area (Å²) in [6.45, 7) is 1.69. The van der Waals surface area contributed by atoms with Gasteiger partial charge in [0.05, 0.1) is 16.8 Å². The smallest absolute Gasteiger partial charge is 0.417 e. The number of benzene rings is 1. The summed E-state index contributed by atoms with van der Waals surface area (Å²) >= 11 is 0. The molecule has 2 amide bonds. The maximum absolute atomic E-state index is 14.6. The van der Waals surface area contributed by atoms with Crippen LogP contribution in [0, 0.1) is 22.8 Å². The van der Waals surface area contributed by atoms with Crippen LogP contribution in [-0.2, 0) is 9.53 Å². The summed E-state index contributed by atoms with van der Waals surface area (Å²) in [6.07, 6.45) is -6.28. The van der Waals surface area contributed by atoms with Gasteiger partial charge in [0.25, 0.3) is 11.6 Å². The first-order valence-electron chi connectivity index (χ1n) is 11.1. The zero-order valence-electron chi connectivity index (χ0n) is 20.6. The standard InChI is InChI=1S/C21H20F5N3O5/c1-9-14(11-4-5-12(22)15(23)16(11)33-3)17(34-20(9,2)21(24,25)26)19(31)28-10-6-7-29(32)13(8-10)18(27)30/h4-9,14,17H,1-3H3,(H2,27,30)(H,28,31)/t9-,14+,17-,20+/m1/s1/i3D3. The van der Waals surface area contributed by atoms with Gasteiger partial charge in [-0.05, 0) is 13.0 Å². The van der Waals surface area contributed by atoms with Crippen LogP contribution in [0.3, 0.4) is 0 Å². The molecule has 1 aromatic heterocycles. The molecule has 3 rings (SSSR count). The van der Waals surface area contributed by atoms with Crippen molar-refractivity contribution in [3.63, 3.8) is 0 Å². The number of primary amides is 1. The van der Waals surface area contributed by atoms with Crippen LogP contribution in [0.4, 0.5) is 27.6 Å². The van der Waals surface area contributed by atoms with Gasteiger partial charge in [-0.15, -0.1) is 0 Å². The molecule has 2 heterocycles. The third kappa shape index (κ3) is 4.11. The van der Waals surface area contributed by atoms with Gasteiger partial charge in [0, 0.05) is 29.5 Å². The van der Waals surface area contributed by atoms with Crippen LogP contribution in [0.25, 0.3) is 0 Å². The first-order valence-corrected chi connectivity index (χ1v) is 9.62. The molecule has 0 bridgehead atoms. The highest BCUT2D eigenvalue weighted by Gasteiger charge is 2.65. The first-order chi connectivity index (χ1) is 16.9. The lowest BCUT2D eigenvalue weighted by molar-refractivity contribution is -0.607. The highest BCUT2D eigenvalue weighted by Crippen LogP contribution is 2.55. The average molecular weight is 492 g/mol. The number of ether oxygens (including phenoxy) is 2. The van der Waals surface area contributed by atoms with Crippen molar-refractivity contribution >= 4 is 17.5 Å². The maximum atomic E-state index is 14.6. The number of anilines is 1. The predicted molar refractivity (Wildman–Crippen MR) is 107 cm³/mol. The molecule has 2 aromatic rings. The van der Waals surface area contributed by atoms with Gasteiger partial charge in [-0.2, -0.15) is 22.3 Å². The SMILES string of the molecule is [2H]C([2H])([2H])Oc1c([C@@H]2[C@@H](C)[C@@](C)(C(F)(F)F)O[C@H]2C(=O)Nc2cc[n+]([O-])c(C(N)=O)c2)ccc(F)c1F. The van der Waals surface area contributed by atoms with E-state index in [4.69, 9.17) is 14.6 Å². The second-order valence-electron chi connectivity index (χ2n) is 7.82. The molecule has 184 valence electrons.